The average Bonchev–Trinajstić information content (AvgIpc) is 2.14. The fourth-order valence-electron chi connectivity index (χ4n) is 2.81. The summed E-state index contributed by atoms with van der Waals surface area (Å²) >= 11 is 0. The summed E-state index contributed by atoms with van der Waals surface area (Å²) in [6.45, 7) is 6.95. The molecule has 0 aliphatic heterocycles. The van der Waals surface area contributed by atoms with E-state index in [2.05, 4.69) is 26.8 Å². The molecule has 1 aliphatic rings. The van der Waals surface area contributed by atoms with Gasteiger partial charge in [-0.2, -0.15) is 5.26 Å². The summed E-state index contributed by atoms with van der Waals surface area (Å²) in [4.78, 5) is 0. The molecule has 80 valence electrons. The van der Waals surface area contributed by atoms with E-state index in [4.69, 9.17) is 5.26 Å². The number of hydrogen-bond acceptors (Lipinski definition) is 1. The van der Waals surface area contributed by atoms with Crippen LogP contribution in [-0.4, -0.2) is 0 Å². The fraction of sp³-hybridized carbons (Fsp3) is 0.923. The van der Waals surface area contributed by atoms with E-state index in [1.54, 1.807) is 0 Å². The number of hydrogen-bond donors (Lipinski definition) is 0. The first-order chi connectivity index (χ1) is 6.67. The van der Waals surface area contributed by atoms with Crippen molar-refractivity contribution in [1.29, 1.82) is 5.26 Å². The fourth-order valence-corrected chi connectivity index (χ4v) is 2.81. The van der Waals surface area contributed by atoms with Crippen LogP contribution in [0.15, 0.2) is 0 Å². The Bertz CT molecular complexity index is 202. The van der Waals surface area contributed by atoms with Crippen LogP contribution in [0.1, 0.15) is 59.3 Å². The Morgan fingerprint density at radius 3 is 2.36 bits per heavy atom. The molecule has 0 aromatic rings. The van der Waals surface area contributed by atoms with Crippen molar-refractivity contribution in [3.8, 4) is 6.07 Å². The van der Waals surface area contributed by atoms with Gasteiger partial charge in [0.05, 0.1) is 6.07 Å². The van der Waals surface area contributed by atoms with Crippen molar-refractivity contribution in [2.75, 3.05) is 0 Å². The molecule has 1 nitrogen and oxygen atoms in total. The van der Waals surface area contributed by atoms with Crippen LogP contribution in [-0.2, 0) is 0 Å². The predicted octanol–water partition coefficient (Wildman–Crippen LogP) is 4.14. The molecule has 0 spiro atoms. The van der Waals surface area contributed by atoms with E-state index in [1.165, 1.54) is 25.7 Å². The zero-order valence-corrected chi connectivity index (χ0v) is 9.84. The summed E-state index contributed by atoms with van der Waals surface area (Å²) in [5, 5.41) is 8.53. The first kappa shape index (κ1) is 11.6. The van der Waals surface area contributed by atoms with E-state index in [1.807, 2.05) is 0 Å². The van der Waals surface area contributed by atoms with Crippen LogP contribution in [0.2, 0.25) is 0 Å². The molecule has 1 atom stereocenters. The maximum atomic E-state index is 8.53. The molecule has 0 amide bonds. The van der Waals surface area contributed by atoms with Crippen LogP contribution in [0.5, 0.6) is 0 Å². The first-order valence-electron chi connectivity index (χ1n) is 6.04. The second-order valence-corrected chi connectivity index (χ2v) is 5.05. The number of nitriles is 1. The number of nitrogens with zero attached hydrogens (tertiary/aromatic N) is 1. The molecule has 1 saturated carbocycles. The summed E-state index contributed by atoms with van der Waals surface area (Å²) in [5.41, 5.74) is 0.672. The highest BCUT2D eigenvalue weighted by Crippen LogP contribution is 2.53. The summed E-state index contributed by atoms with van der Waals surface area (Å²) in [6, 6.07) is 2.25. The Kier molecular flexibility index (Phi) is 3.98. The van der Waals surface area contributed by atoms with Crippen molar-refractivity contribution >= 4 is 0 Å². The molecule has 0 bridgehead atoms. The molecule has 0 saturated heterocycles. The summed E-state index contributed by atoms with van der Waals surface area (Å²) < 4.78 is 0. The van der Waals surface area contributed by atoms with Gasteiger partial charge in [-0.15, -0.1) is 0 Å². The highest BCUT2D eigenvalue weighted by molar-refractivity contribution is 4.94. The lowest BCUT2D eigenvalue weighted by molar-refractivity contribution is 0.0115. The van der Waals surface area contributed by atoms with Crippen LogP contribution in [0.25, 0.3) is 0 Å². The van der Waals surface area contributed by atoms with Crippen molar-refractivity contribution in [2.45, 2.75) is 59.3 Å². The van der Waals surface area contributed by atoms with Gasteiger partial charge in [-0.05, 0) is 36.5 Å². The maximum absolute atomic E-state index is 8.53. The van der Waals surface area contributed by atoms with Crippen LogP contribution in [0.3, 0.4) is 0 Å². The highest BCUT2D eigenvalue weighted by Gasteiger charge is 2.42. The molecule has 14 heavy (non-hydrogen) atoms. The summed E-state index contributed by atoms with van der Waals surface area (Å²) in [7, 11) is 0. The van der Waals surface area contributed by atoms with Gasteiger partial charge in [0, 0.05) is 6.42 Å². The minimum absolute atomic E-state index is 0.672. The van der Waals surface area contributed by atoms with Gasteiger partial charge >= 0.3 is 0 Å². The van der Waals surface area contributed by atoms with Crippen molar-refractivity contribution in [3.63, 3.8) is 0 Å². The highest BCUT2D eigenvalue weighted by atomic mass is 14.5. The lowest BCUT2D eigenvalue weighted by atomic mass is 9.56. The van der Waals surface area contributed by atoms with Crippen molar-refractivity contribution < 1.29 is 0 Å². The van der Waals surface area contributed by atoms with Crippen LogP contribution in [0.4, 0.5) is 0 Å². The second-order valence-electron chi connectivity index (χ2n) is 5.05. The Morgan fingerprint density at radius 1 is 1.36 bits per heavy atom. The standard InChI is InChI=1S/C13H23N/c1-4-13(5-2)9-12(10-13)11(3)7-6-8-14/h11-12H,4-7,9-10H2,1-3H3. The van der Waals surface area contributed by atoms with Crippen molar-refractivity contribution in [2.24, 2.45) is 17.3 Å². The molecule has 0 aromatic heterocycles. The zero-order valence-electron chi connectivity index (χ0n) is 9.84. The molecule has 0 radical (unpaired) electrons. The van der Waals surface area contributed by atoms with E-state index in [-0.39, 0.29) is 0 Å². The van der Waals surface area contributed by atoms with E-state index >= 15 is 0 Å². The quantitative estimate of drug-likeness (QED) is 0.643. The Balaban J connectivity index is 2.29. The SMILES string of the molecule is CCC1(CC)CC(C(C)CCC#N)C1. The number of rotatable bonds is 5. The average molecular weight is 193 g/mol. The van der Waals surface area contributed by atoms with Gasteiger partial charge in [-0.1, -0.05) is 33.6 Å². The molecule has 1 rings (SSSR count). The molecular formula is C13H23N. The molecule has 1 fully saturated rings. The van der Waals surface area contributed by atoms with Crippen molar-refractivity contribution in [1.82, 2.24) is 0 Å². The van der Waals surface area contributed by atoms with Gasteiger partial charge in [0.15, 0.2) is 0 Å². The van der Waals surface area contributed by atoms with Gasteiger partial charge in [-0.25, -0.2) is 0 Å². The first-order valence-corrected chi connectivity index (χ1v) is 6.04. The van der Waals surface area contributed by atoms with E-state index in [9.17, 15) is 0 Å². The summed E-state index contributed by atoms with van der Waals surface area (Å²) in [6.07, 6.45) is 7.34. The molecule has 1 heteroatoms. The van der Waals surface area contributed by atoms with E-state index in [0.29, 0.717) is 5.41 Å². The molecule has 1 unspecified atom stereocenters. The Hall–Kier alpha value is -0.510. The van der Waals surface area contributed by atoms with Gasteiger partial charge in [-0.3, -0.25) is 0 Å². The Morgan fingerprint density at radius 2 is 1.93 bits per heavy atom. The van der Waals surface area contributed by atoms with E-state index in [0.717, 1.165) is 24.7 Å². The van der Waals surface area contributed by atoms with Crippen LogP contribution in [0, 0.1) is 28.6 Å². The molecule has 0 N–H and O–H groups in total. The van der Waals surface area contributed by atoms with Crippen molar-refractivity contribution in [3.05, 3.63) is 0 Å². The van der Waals surface area contributed by atoms with Gasteiger partial charge in [0.2, 0.25) is 0 Å². The van der Waals surface area contributed by atoms with Gasteiger partial charge in [0.25, 0.3) is 0 Å². The maximum Gasteiger partial charge on any atom is 0.0621 e. The minimum Gasteiger partial charge on any atom is -0.198 e. The van der Waals surface area contributed by atoms with E-state index < -0.39 is 0 Å². The lowest BCUT2D eigenvalue weighted by Crippen LogP contribution is -2.39. The second kappa shape index (κ2) is 4.82. The van der Waals surface area contributed by atoms with Gasteiger partial charge < -0.3 is 0 Å². The normalized spacial score (nSPS) is 22.4. The lowest BCUT2D eigenvalue weighted by Gasteiger charge is -2.50. The third kappa shape index (κ3) is 2.29. The third-order valence-corrected chi connectivity index (χ3v) is 4.41. The molecule has 0 heterocycles. The van der Waals surface area contributed by atoms with Crippen LogP contribution >= 0.6 is 0 Å². The van der Waals surface area contributed by atoms with Gasteiger partial charge in [0.1, 0.15) is 0 Å². The topological polar surface area (TPSA) is 23.8 Å². The largest absolute Gasteiger partial charge is 0.198 e. The molecular weight excluding hydrogens is 170 g/mol. The third-order valence-electron chi connectivity index (χ3n) is 4.41. The minimum atomic E-state index is 0.672. The predicted molar refractivity (Wildman–Crippen MR) is 59.8 cm³/mol. The summed E-state index contributed by atoms with van der Waals surface area (Å²) in [5.74, 6) is 1.67. The Labute approximate surface area is 88.5 Å². The smallest absolute Gasteiger partial charge is 0.0621 e. The molecule has 1 aliphatic carbocycles. The zero-order chi connectivity index (χ0) is 10.6. The monoisotopic (exact) mass is 193 g/mol. The van der Waals surface area contributed by atoms with Crippen LogP contribution < -0.4 is 0 Å². The molecule has 0 aromatic carbocycles.